The molecular formula is C27H33F6N5O. The molecule has 2 saturated heterocycles. The summed E-state index contributed by atoms with van der Waals surface area (Å²) in [4.78, 5) is 22.3. The summed E-state index contributed by atoms with van der Waals surface area (Å²) in [5, 5.41) is 3.13. The predicted molar refractivity (Wildman–Crippen MR) is 136 cm³/mol. The summed E-state index contributed by atoms with van der Waals surface area (Å²) in [6.45, 7) is 5.00. The van der Waals surface area contributed by atoms with Crippen molar-refractivity contribution in [3.05, 3.63) is 53.9 Å². The van der Waals surface area contributed by atoms with Crippen LogP contribution in [0.4, 0.5) is 37.7 Å². The van der Waals surface area contributed by atoms with Gasteiger partial charge >= 0.3 is 12.4 Å². The lowest BCUT2D eigenvalue weighted by atomic mass is 10.0. The average Bonchev–Trinajstić information content (AvgIpc) is 3.14. The van der Waals surface area contributed by atoms with E-state index in [-0.39, 0.29) is 11.9 Å². The second-order valence-corrected chi connectivity index (χ2v) is 10.1. The van der Waals surface area contributed by atoms with Crippen LogP contribution in [0.3, 0.4) is 0 Å². The zero-order chi connectivity index (χ0) is 28.0. The van der Waals surface area contributed by atoms with Gasteiger partial charge in [0.1, 0.15) is 5.69 Å². The number of alkyl halides is 6. The van der Waals surface area contributed by atoms with E-state index in [4.69, 9.17) is 0 Å². The summed E-state index contributed by atoms with van der Waals surface area (Å²) >= 11 is 0. The number of likely N-dealkylation sites (tertiary alicyclic amines) is 1. The average molecular weight is 558 g/mol. The van der Waals surface area contributed by atoms with Crippen LogP contribution in [0, 0.1) is 0 Å². The summed E-state index contributed by atoms with van der Waals surface area (Å²) in [5.74, 6) is 0.0814. The van der Waals surface area contributed by atoms with E-state index in [1.165, 1.54) is 18.2 Å². The molecule has 4 rings (SSSR count). The molecule has 1 N–H and O–H groups in total. The molecule has 0 saturated carbocycles. The minimum atomic E-state index is -4.49. The number of hydrogen-bond acceptors (Lipinski definition) is 5. The molecule has 0 aliphatic carbocycles. The van der Waals surface area contributed by atoms with E-state index < -0.39 is 23.6 Å². The molecular weight excluding hydrogens is 524 g/mol. The van der Waals surface area contributed by atoms with Crippen LogP contribution in [-0.2, 0) is 17.1 Å². The summed E-state index contributed by atoms with van der Waals surface area (Å²) in [7, 11) is 0. The predicted octanol–water partition coefficient (Wildman–Crippen LogP) is 5.51. The van der Waals surface area contributed by atoms with Crippen LogP contribution in [-0.4, -0.2) is 72.5 Å². The topological polar surface area (TPSA) is 51.7 Å². The zero-order valence-corrected chi connectivity index (χ0v) is 21.6. The van der Waals surface area contributed by atoms with Crippen molar-refractivity contribution in [2.24, 2.45) is 0 Å². The first-order valence-electron chi connectivity index (χ1n) is 13.2. The fraction of sp³-hybridized carbons (Fsp3) is 0.556. The van der Waals surface area contributed by atoms with Crippen molar-refractivity contribution in [1.82, 2.24) is 14.8 Å². The maximum absolute atomic E-state index is 12.9. The van der Waals surface area contributed by atoms with Gasteiger partial charge in [-0.1, -0.05) is 0 Å². The fourth-order valence-electron chi connectivity index (χ4n) is 5.11. The van der Waals surface area contributed by atoms with Crippen LogP contribution in [0.5, 0.6) is 0 Å². The first kappa shape index (κ1) is 29.0. The SMILES string of the molecule is O=C(CCCN1CCCN(c2ccc(C(F)(F)F)cc2)CC1)N1CCC(Nc2ccnc(C(F)(F)F)c2)CC1. The van der Waals surface area contributed by atoms with Crippen molar-refractivity contribution < 1.29 is 31.1 Å². The van der Waals surface area contributed by atoms with Crippen LogP contribution in [0.15, 0.2) is 42.6 Å². The zero-order valence-electron chi connectivity index (χ0n) is 21.6. The molecule has 0 radical (unpaired) electrons. The van der Waals surface area contributed by atoms with E-state index >= 15 is 0 Å². The molecule has 2 aliphatic heterocycles. The number of piperidine rings is 1. The Balaban J connectivity index is 1.15. The summed E-state index contributed by atoms with van der Waals surface area (Å²) in [6.07, 6.45) is -4.36. The van der Waals surface area contributed by atoms with Crippen LogP contribution in [0.1, 0.15) is 43.4 Å². The van der Waals surface area contributed by atoms with E-state index in [1.54, 1.807) is 0 Å². The standard InChI is InChI=1S/C27H33F6N5O/c28-26(29,30)20-4-6-23(7-5-20)37-14-2-13-36(17-18-37)12-1-3-25(39)38-15-9-21(10-16-38)35-22-8-11-34-24(19-22)27(31,32)33/h4-8,11,19,21H,1-3,9-10,12-18H2,(H,34,35). The second kappa shape index (κ2) is 12.4. The number of halogens is 6. The fourth-order valence-corrected chi connectivity index (χ4v) is 5.11. The quantitative estimate of drug-likeness (QED) is 0.455. The van der Waals surface area contributed by atoms with Crippen molar-refractivity contribution in [2.75, 3.05) is 56.0 Å². The van der Waals surface area contributed by atoms with E-state index in [0.29, 0.717) is 51.0 Å². The molecule has 2 aromatic rings. The monoisotopic (exact) mass is 557 g/mol. The number of pyridine rings is 1. The maximum Gasteiger partial charge on any atom is 0.433 e. The van der Waals surface area contributed by atoms with Crippen molar-refractivity contribution in [3.8, 4) is 0 Å². The van der Waals surface area contributed by atoms with Crippen LogP contribution in [0.2, 0.25) is 0 Å². The third-order valence-corrected chi connectivity index (χ3v) is 7.28. The number of aromatic nitrogens is 1. The highest BCUT2D eigenvalue weighted by atomic mass is 19.4. The lowest BCUT2D eigenvalue weighted by Crippen LogP contribution is -2.42. The molecule has 1 aromatic carbocycles. The van der Waals surface area contributed by atoms with E-state index in [9.17, 15) is 31.1 Å². The number of amides is 1. The Morgan fingerprint density at radius 1 is 0.897 bits per heavy atom. The highest BCUT2D eigenvalue weighted by molar-refractivity contribution is 5.76. The van der Waals surface area contributed by atoms with Gasteiger partial charge in [-0.15, -0.1) is 0 Å². The van der Waals surface area contributed by atoms with Gasteiger partial charge in [0, 0.05) is 62.8 Å². The third-order valence-electron chi connectivity index (χ3n) is 7.28. The Hall–Kier alpha value is -3.02. The lowest BCUT2D eigenvalue weighted by Gasteiger charge is -2.33. The molecule has 1 amide bonds. The smallest absolute Gasteiger partial charge is 0.382 e. The van der Waals surface area contributed by atoms with Crippen LogP contribution < -0.4 is 10.2 Å². The van der Waals surface area contributed by atoms with Crippen molar-refractivity contribution in [3.63, 3.8) is 0 Å². The van der Waals surface area contributed by atoms with E-state index in [0.717, 1.165) is 62.7 Å². The van der Waals surface area contributed by atoms with Crippen molar-refractivity contribution in [2.45, 2.75) is 50.5 Å². The Kier molecular flexibility index (Phi) is 9.24. The molecule has 3 heterocycles. The highest BCUT2D eigenvalue weighted by Crippen LogP contribution is 2.31. The normalized spacial score (nSPS) is 18.2. The number of hydrogen-bond donors (Lipinski definition) is 1. The molecule has 2 aliphatic rings. The molecule has 39 heavy (non-hydrogen) atoms. The molecule has 214 valence electrons. The number of anilines is 2. The van der Waals surface area contributed by atoms with Gasteiger partial charge in [-0.3, -0.25) is 9.78 Å². The molecule has 12 heteroatoms. The highest BCUT2D eigenvalue weighted by Gasteiger charge is 2.33. The minimum Gasteiger partial charge on any atom is -0.382 e. The largest absolute Gasteiger partial charge is 0.433 e. The first-order valence-corrected chi connectivity index (χ1v) is 13.2. The summed E-state index contributed by atoms with van der Waals surface area (Å²) in [6, 6.07) is 7.78. The molecule has 0 unspecified atom stereocenters. The number of nitrogens with one attached hydrogen (secondary N) is 1. The van der Waals surface area contributed by atoms with Gasteiger partial charge in [-0.2, -0.15) is 26.3 Å². The molecule has 0 bridgehead atoms. The molecule has 0 spiro atoms. The number of carbonyl (C=O) groups is 1. The van der Waals surface area contributed by atoms with Gasteiger partial charge in [0.15, 0.2) is 0 Å². The van der Waals surface area contributed by atoms with E-state index in [1.807, 2.05) is 4.90 Å². The Bertz CT molecular complexity index is 1080. The molecule has 0 atom stereocenters. The Morgan fingerprint density at radius 3 is 2.28 bits per heavy atom. The lowest BCUT2D eigenvalue weighted by molar-refractivity contribution is -0.141. The molecule has 6 nitrogen and oxygen atoms in total. The van der Waals surface area contributed by atoms with Gasteiger partial charge in [-0.25, -0.2) is 0 Å². The number of benzene rings is 1. The third kappa shape index (κ3) is 8.23. The number of carbonyl (C=O) groups excluding carboxylic acids is 1. The van der Waals surface area contributed by atoms with Crippen LogP contribution in [0.25, 0.3) is 0 Å². The van der Waals surface area contributed by atoms with Crippen molar-refractivity contribution in [1.29, 1.82) is 0 Å². The number of nitrogens with zero attached hydrogens (tertiary/aromatic N) is 4. The minimum absolute atomic E-state index is 0.0118. The van der Waals surface area contributed by atoms with E-state index in [2.05, 4.69) is 20.1 Å². The maximum atomic E-state index is 12.9. The Labute approximate surface area is 224 Å². The van der Waals surface area contributed by atoms with Gasteiger partial charge in [0.2, 0.25) is 5.91 Å². The van der Waals surface area contributed by atoms with Gasteiger partial charge in [0.05, 0.1) is 5.56 Å². The summed E-state index contributed by atoms with van der Waals surface area (Å²) in [5.41, 5.74) is -0.433. The Morgan fingerprint density at radius 2 is 1.62 bits per heavy atom. The molecule has 1 aromatic heterocycles. The van der Waals surface area contributed by atoms with Crippen LogP contribution >= 0.6 is 0 Å². The van der Waals surface area contributed by atoms with Gasteiger partial charge in [0.25, 0.3) is 0 Å². The van der Waals surface area contributed by atoms with Gasteiger partial charge < -0.3 is 20.0 Å². The van der Waals surface area contributed by atoms with Crippen molar-refractivity contribution >= 4 is 17.3 Å². The molecule has 2 fully saturated rings. The second-order valence-electron chi connectivity index (χ2n) is 10.1. The number of rotatable bonds is 7. The first-order chi connectivity index (χ1) is 18.5. The van der Waals surface area contributed by atoms with Gasteiger partial charge in [-0.05, 0) is 75.2 Å². The summed E-state index contributed by atoms with van der Waals surface area (Å²) < 4.78 is 77.2.